The van der Waals surface area contributed by atoms with Crippen molar-refractivity contribution in [1.82, 2.24) is 9.21 Å². The lowest BCUT2D eigenvalue weighted by atomic mass is 10.2. The predicted molar refractivity (Wildman–Crippen MR) is 93.2 cm³/mol. The summed E-state index contributed by atoms with van der Waals surface area (Å²) >= 11 is 0. The third-order valence-electron chi connectivity index (χ3n) is 4.15. The van der Waals surface area contributed by atoms with E-state index in [1.165, 1.54) is 0 Å². The number of sulfonamides is 1. The molecule has 0 bridgehead atoms. The molecule has 0 spiro atoms. The minimum Gasteiger partial charge on any atom is -0.494 e. The molecule has 6 heteroatoms. The van der Waals surface area contributed by atoms with Gasteiger partial charge in [-0.15, -0.1) is 0 Å². The fourth-order valence-corrected chi connectivity index (χ4v) is 4.42. The number of benzene rings is 1. The first kappa shape index (κ1) is 18.2. The van der Waals surface area contributed by atoms with Gasteiger partial charge in [0.1, 0.15) is 5.75 Å². The van der Waals surface area contributed by atoms with Crippen LogP contribution in [0.1, 0.15) is 32.3 Å². The predicted octanol–water partition coefficient (Wildman–Crippen LogP) is 2.33. The summed E-state index contributed by atoms with van der Waals surface area (Å²) in [5, 5.41) is 0. The van der Waals surface area contributed by atoms with Crippen LogP contribution in [-0.2, 0) is 16.6 Å². The van der Waals surface area contributed by atoms with Gasteiger partial charge in [0.15, 0.2) is 0 Å². The topological polar surface area (TPSA) is 49.9 Å². The molecule has 130 valence electrons. The molecular weight excluding hydrogens is 312 g/mol. The molecule has 1 aromatic rings. The Morgan fingerprint density at radius 3 is 2.43 bits per heavy atom. The van der Waals surface area contributed by atoms with Gasteiger partial charge in [-0.05, 0) is 19.4 Å². The van der Waals surface area contributed by atoms with Gasteiger partial charge in [-0.2, -0.15) is 4.31 Å². The Morgan fingerprint density at radius 1 is 1.09 bits per heavy atom. The Bertz CT molecular complexity index is 581. The number of nitrogens with zero attached hydrogens (tertiary/aromatic N) is 2. The molecule has 5 nitrogen and oxygen atoms in total. The second-order valence-corrected chi connectivity index (χ2v) is 7.97. The van der Waals surface area contributed by atoms with Crippen LogP contribution >= 0.6 is 0 Å². The Balaban J connectivity index is 1.90. The minimum atomic E-state index is -3.08. The lowest BCUT2D eigenvalue weighted by molar-refractivity contribution is 0.179. The van der Waals surface area contributed by atoms with Crippen molar-refractivity contribution in [3.05, 3.63) is 29.8 Å². The molecule has 1 aromatic carbocycles. The Morgan fingerprint density at radius 2 is 1.78 bits per heavy atom. The molecule has 0 radical (unpaired) electrons. The summed E-state index contributed by atoms with van der Waals surface area (Å²) in [5.74, 6) is 1.20. The average Bonchev–Trinajstić information content (AvgIpc) is 2.56. The zero-order valence-corrected chi connectivity index (χ0v) is 15.0. The van der Waals surface area contributed by atoms with E-state index in [-0.39, 0.29) is 5.75 Å². The molecule has 0 aliphatic carbocycles. The van der Waals surface area contributed by atoms with Crippen molar-refractivity contribution in [2.24, 2.45) is 0 Å². The fourth-order valence-electron chi connectivity index (χ4n) is 2.79. The van der Waals surface area contributed by atoms with Gasteiger partial charge in [0.05, 0.1) is 12.4 Å². The zero-order valence-electron chi connectivity index (χ0n) is 14.2. The molecule has 0 amide bonds. The summed E-state index contributed by atoms with van der Waals surface area (Å²) in [4.78, 5) is 2.30. The van der Waals surface area contributed by atoms with Gasteiger partial charge >= 0.3 is 0 Å². The molecule has 1 aliphatic rings. The quantitative estimate of drug-likeness (QED) is 0.729. The highest BCUT2D eigenvalue weighted by molar-refractivity contribution is 7.89. The first-order chi connectivity index (χ1) is 11.1. The molecule has 1 aliphatic heterocycles. The normalized spacial score (nSPS) is 17.3. The summed E-state index contributed by atoms with van der Waals surface area (Å²) in [6.07, 6.45) is 1.65. The number of ether oxygens (including phenoxy) is 1. The molecule has 1 saturated heterocycles. The Hall–Kier alpha value is -1.11. The number of hydrogen-bond acceptors (Lipinski definition) is 4. The number of para-hydroxylation sites is 1. The van der Waals surface area contributed by atoms with Crippen molar-refractivity contribution in [3.8, 4) is 5.75 Å². The highest BCUT2D eigenvalue weighted by atomic mass is 32.2. The van der Waals surface area contributed by atoms with E-state index in [0.717, 1.165) is 43.8 Å². The molecule has 0 atom stereocenters. The first-order valence-corrected chi connectivity index (χ1v) is 10.1. The molecule has 1 fully saturated rings. The van der Waals surface area contributed by atoms with Crippen LogP contribution in [0.5, 0.6) is 5.75 Å². The highest BCUT2D eigenvalue weighted by Gasteiger charge is 2.26. The molecule has 23 heavy (non-hydrogen) atoms. The van der Waals surface area contributed by atoms with Crippen LogP contribution in [0.3, 0.4) is 0 Å². The van der Waals surface area contributed by atoms with E-state index >= 15 is 0 Å². The van der Waals surface area contributed by atoms with Crippen molar-refractivity contribution in [2.75, 3.05) is 38.5 Å². The standard InChI is InChI=1S/C17H28N2O3S/c1-3-5-14-23(20,21)19-12-10-18(11-13-19)15-16-8-6-7-9-17(16)22-4-2/h6-9H,3-5,10-15H2,1-2H3. The lowest BCUT2D eigenvalue weighted by Gasteiger charge is -2.34. The van der Waals surface area contributed by atoms with Gasteiger partial charge in [0.25, 0.3) is 0 Å². The van der Waals surface area contributed by atoms with E-state index in [9.17, 15) is 8.42 Å². The van der Waals surface area contributed by atoms with Crippen molar-refractivity contribution in [1.29, 1.82) is 0 Å². The summed E-state index contributed by atoms with van der Waals surface area (Å²) < 4.78 is 31.8. The van der Waals surface area contributed by atoms with Crippen LogP contribution in [-0.4, -0.2) is 56.2 Å². The fraction of sp³-hybridized carbons (Fsp3) is 0.647. The maximum absolute atomic E-state index is 12.2. The first-order valence-electron chi connectivity index (χ1n) is 8.47. The number of unbranched alkanes of at least 4 members (excludes halogenated alkanes) is 1. The van der Waals surface area contributed by atoms with Crippen molar-refractivity contribution < 1.29 is 13.2 Å². The largest absolute Gasteiger partial charge is 0.494 e. The lowest BCUT2D eigenvalue weighted by Crippen LogP contribution is -2.48. The van der Waals surface area contributed by atoms with Gasteiger partial charge in [-0.3, -0.25) is 4.90 Å². The third-order valence-corrected chi connectivity index (χ3v) is 6.10. The number of hydrogen-bond donors (Lipinski definition) is 0. The van der Waals surface area contributed by atoms with Crippen molar-refractivity contribution in [2.45, 2.75) is 33.2 Å². The average molecular weight is 340 g/mol. The molecule has 0 N–H and O–H groups in total. The second kappa shape index (κ2) is 8.66. The smallest absolute Gasteiger partial charge is 0.214 e. The Labute approximate surface area is 140 Å². The van der Waals surface area contributed by atoms with Crippen LogP contribution < -0.4 is 4.74 Å². The zero-order chi connectivity index (χ0) is 16.7. The maximum atomic E-state index is 12.2. The van der Waals surface area contributed by atoms with Gasteiger partial charge in [-0.1, -0.05) is 31.5 Å². The van der Waals surface area contributed by atoms with Crippen LogP contribution in [0.25, 0.3) is 0 Å². The highest BCUT2D eigenvalue weighted by Crippen LogP contribution is 2.21. The van der Waals surface area contributed by atoms with E-state index in [1.54, 1.807) is 4.31 Å². The molecule has 0 unspecified atom stereocenters. The molecule has 0 saturated carbocycles. The number of rotatable bonds is 8. The van der Waals surface area contributed by atoms with Crippen molar-refractivity contribution in [3.63, 3.8) is 0 Å². The van der Waals surface area contributed by atoms with Gasteiger partial charge < -0.3 is 4.74 Å². The van der Waals surface area contributed by atoms with Crippen molar-refractivity contribution >= 4 is 10.0 Å². The van der Waals surface area contributed by atoms with Gasteiger partial charge in [0.2, 0.25) is 10.0 Å². The molecule has 2 rings (SSSR count). The minimum absolute atomic E-state index is 0.274. The number of piperazine rings is 1. The van der Waals surface area contributed by atoms with E-state index in [2.05, 4.69) is 11.0 Å². The Kier molecular flexibility index (Phi) is 6.87. The third kappa shape index (κ3) is 5.19. The van der Waals surface area contributed by atoms with Gasteiger partial charge in [-0.25, -0.2) is 8.42 Å². The summed E-state index contributed by atoms with van der Waals surface area (Å²) in [6.45, 7) is 8.17. The van der Waals surface area contributed by atoms with Crippen LogP contribution in [0.4, 0.5) is 0 Å². The van der Waals surface area contributed by atoms with E-state index in [4.69, 9.17) is 4.74 Å². The monoisotopic (exact) mass is 340 g/mol. The second-order valence-electron chi connectivity index (χ2n) is 5.89. The maximum Gasteiger partial charge on any atom is 0.214 e. The summed E-state index contributed by atoms with van der Waals surface area (Å²) in [6, 6.07) is 8.07. The van der Waals surface area contributed by atoms with E-state index in [0.29, 0.717) is 19.7 Å². The van der Waals surface area contributed by atoms with Gasteiger partial charge in [0, 0.05) is 38.3 Å². The van der Waals surface area contributed by atoms with Crippen LogP contribution in [0, 0.1) is 0 Å². The van der Waals surface area contributed by atoms with E-state index in [1.807, 2.05) is 32.0 Å². The van der Waals surface area contributed by atoms with E-state index < -0.39 is 10.0 Å². The molecule has 1 heterocycles. The molecular formula is C17H28N2O3S. The molecule has 0 aromatic heterocycles. The van der Waals surface area contributed by atoms with Crippen LogP contribution in [0.15, 0.2) is 24.3 Å². The van der Waals surface area contributed by atoms with Crippen LogP contribution in [0.2, 0.25) is 0 Å². The summed E-state index contributed by atoms with van der Waals surface area (Å²) in [7, 11) is -3.08. The SMILES string of the molecule is CCCCS(=O)(=O)N1CCN(Cc2ccccc2OCC)CC1. The summed E-state index contributed by atoms with van der Waals surface area (Å²) in [5.41, 5.74) is 1.16.